The number of aromatic nitrogens is 3. The first kappa shape index (κ1) is 13.7. The van der Waals surface area contributed by atoms with Crippen molar-refractivity contribution in [2.24, 2.45) is 0 Å². The van der Waals surface area contributed by atoms with E-state index in [0.717, 1.165) is 12.1 Å². The highest BCUT2D eigenvalue weighted by Gasteiger charge is 2.17. The van der Waals surface area contributed by atoms with Crippen molar-refractivity contribution in [3.05, 3.63) is 33.3 Å². The maximum absolute atomic E-state index is 11.6. The number of esters is 1. The van der Waals surface area contributed by atoms with Crippen molar-refractivity contribution in [3.63, 3.8) is 0 Å². The largest absolute Gasteiger partial charge is 0.461 e. The van der Waals surface area contributed by atoms with Crippen LogP contribution in [-0.2, 0) is 17.7 Å². The Morgan fingerprint density at radius 1 is 1.37 bits per heavy atom. The van der Waals surface area contributed by atoms with Crippen molar-refractivity contribution >= 4 is 17.3 Å². The molecule has 0 aliphatic carbocycles. The van der Waals surface area contributed by atoms with Gasteiger partial charge in [-0.1, -0.05) is 12.1 Å². The lowest BCUT2D eigenvalue weighted by Crippen LogP contribution is -2.08. The summed E-state index contributed by atoms with van der Waals surface area (Å²) in [7, 11) is 0. The molecule has 0 saturated heterocycles. The summed E-state index contributed by atoms with van der Waals surface area (Å²) in [5.41, 5.74) is 1.04. The van der Waals surface area contributed by atoms with E-state index in [1.54, 1.807) is 22.9 Å². The zero-order valence-corrected chi connectivity index (χ0v) is 12.2. The summed E-state index contributed by atoms with van der Waals surface area (Å²) in [5, 5.41) is 7.92. The van der Waals surface area contributed by atoms with E-state index in [4.69, 9.17) is 4.74 Å². The molecule has 2 rings (SSSR count). The van der Waals surface area contributed by atoms with Crippen molar-refractivity contribution in [1.29, 1.82) is 0 Å². The van der Waals surface area contributed by atoms with Crippen LogP contribution in [0.2, 0.25) is 0 Å². The number of carbonyl (C=O) groups is 1. The SMILES string of the molecule is CCOC(=O)c1nnn(Cc2ccc(CC)s2)c1C. The molecule has 0 radical (unpaired) electrons. The fourth-order valence-electron chi connectivity index (χ4n) is 1.74. The van der Waals surface area contributed by atoms with Crippen LogP contribution in [0.4, 0.5) is 0 Å². The maximum Gasteiger partial charge on any atom is 0.360 e. The quantitative estimate of drug-likeness (QED) is 0.789. The minimum Gasteiger partial charge on any atom is -0.461 e. The van der Waals surface area contributed by atoms with Gasteiger partial charge >= 0.3 is 5.97 Å². The summed E-state index contributed by atoms with van der Waals surface area (Å²) in [6.07, 6.45) is 1.04. The highest BCUT2D eigenvalue weighted by Crippen LogP contribution is 2.18. The van der Waals surface area contributed by atoms with Crippen molar-refractivity contribution in [2.45, 2.75) is 33.7 Å². The lowest BCUT2D eigenvalue weighted by molar-refractivity contribution is 0.0518. The van der Waals surface area contributed by atoms with Crippen LogP contribution in [0.25, 0.3) is 0 Å². The van der Waals surface area contributed by atoms with Gasteiger partial charge < -0.3 is 4.74 Å². The molecule has 102 valence electrons. The van der Waals surface area contributed by atoms with E-state index in [1.165, 1.54) is 9.75 Å². The number of thiophene rings is 1. The van der Waals surface area contributed by atoms with Crippen LogP contribution in [0, 0.1) is 6.92 Å². The fourth-order valence-corrected chi connectivity index (χ4v) is 2.68. The average Bonchev–Trinajstić information content (AvgIpc) is 2.98. The van der Waals surface area contributed by atoms with E-state index >= 15 is 0 Å². The Bertz CT molecular complexity index is 574. The second kappa shape index (κ2) is 5.97. The number of hydrogen-bond acceptors (Lipinski definition) is 5. The number of hydrogen-bond donors (Lipinski definition) is 0. The molecule has 0 spiro atoms. The summed E-state index contributed by atoms with van der Waals surface area (Å²) < 4.78 is 6.68. The molecule has 0 amide bonds. The first-order valence-electron chi connectivity index (χ1n) is 6.30. The van der Waals surface area contributed by atoms with Crippen LogP contribution >= 0.6 is 11.3 Å². The van der Waals surface area contributed by atoms with Gasteiger partial charge in [0.2, 0.25) is 0 Å². The monoisotopic (exact) mass is 279 g/mol. The maximum atomic E-state index is 11.6. The predicted molar refractivity (Wildman–Crippen MR) is 73.5 cm³/mol. The van der Waals surface area contributed by atoms with Crippen LogP contribution < -0.4 is 0 Å². The van der Waals surface area contributed by atoms with Gasteiger partial charge in [0.15, 0.2) is 5.69 Å². The molecule has 2 aromatic rings. The van der Waals surface area contributed by atoms with E-state index in [-0.39, 0.29) is 0 Å². The van der Waals surface area contributed by atoms with Gasteiger partial charge in [0.25, 0.3) is 0 Å². The molecule has 2 heterocycles. The Balaban J connectivity index is 2.15. The molecule has 19 heavy (non-hydrogen) atoms. The minimum atomic E-state index is -0.410. The van der Waals surface area contributed by atoms with Gasteiger partial charge in [0, 0.05) is 9.75 Å². The molecule has 6 heteroatoms. The van der Waals surface area contributed by atoms with Gasteiger partial charge in [-0.2, -0.15) is 0 Å². The fraction of sp³-hybridized carbons (Fsp3) is 0.462. The van der Waals surface area contributed by atoms with E-state index < -0.39 is 5.97 Å². The molecule has 0 aliphatic heterocycles. The van der Waals surface area contributed by atoms with Gasteiger partial charge in [-0.25, -0.2) is 9.48 Å². The number of aryl methyl sites for hydroxylation is 1. The number of carbonyl (C=O) groups excluding carboxylic acids is 1. The normalized spacial score (nSPS) is 10.7. The standard InChI is InChI=1S/C13H17N3O2S/c1-4-10-6-7-11(19-10)8-16-9(3)12(14-15-16)13(17)18-5-2/h6-7H,4-5,8H2,1-3H3. The highest BCUT2D eigenvalue weighted by atomic mass is 32.1. The Kier molecular flexibility index (Phi) is 4.31. The average molecular weight is 279 g/mol. The van der Waals surface area contributed by atoms with E-state index in [0.29, 0.717) is 18.8 Å². The first-order chi connectivity index (χ1) is 9.15. The summed E-state index contributed by atoms with van der Waals surface area (Å²) in [4.78, 5) is 14.2. The molecule has 0 aliphatic rings. The van der Waals surface area contributed by atoms with Crippen molar-refractivity contribution in [1.82, 2.24) is 15.0 Å². The molecule has 0 N–H and O–H groups in total. The Hall–Kier alpha value is -1.69. The zero-order chi connectivity index (χ0) is 13.8. The topological polar surface area (TPSA) is 57.0 Å². The second-order valence-electron chi connectivity index (χ2n) is 4.12. The van der Waals surface area contributed by atoms with Gasteiger partial charge in [-0.3, -0.25) is 0 Å². The summed E-state index contributed by atoms with van der Waals surface area (Å²) >= 11 is 1.76. The molecule has 0 aromatic carbocycles. The minimum absolute atomic E-state index is 0.300. The van der Waals surface area contributed by atoms with E-state index in [1.807, 2.05) is 6.92 Å². The van der Waals surface area contributed by atoms with E-state index in [9.17, 15) is 4.79 Å². The van der Waals surface area contributed by atoms with Crippen LogP contribution in [0.1, 0.15) is 39.8 Å². The van der Waals surface area contributed by atoms with Gasteiger partial charge in [-0.05, 0) is 32.4 Å². The molecule has 0 atom stereocenters. The zero-order valence-electron chi connectivity index (χ0n) is 11.3. The smallest absolute Gasteiger partial charge is 0.360 e. The molecule has 5 nitrogen and oxygen atoms in total. The molecule has 0 bridgehead atoms. The third kappa shape index (κ3) is 3.01. The van der Waals surface area contributed by atoms with Crippen molar-refractivity contribution in [2.75, 3.05) is 6.61 Å². The third-order valence-corrected chi connectivity index (χ3v) is 4.04. The lowest BCUT2D eigenvalue weighted by atomic mass is 10.3. The molecule has 0 fully saturated rings. The van der Waals surface area contributed by atoms with Crippen LogP contribution in [0.5, 0.6) is 0 Å². The van der Waals surface area contributed by atoms with Crippen LogP contribution in [-0.4, -0.2) is 27.6 Å². The van der Waals surface area contributed by atoms with Crippen molar-refractivity contribution in [3.8, 4) is 0 Å². The van der Waals surface area contributed by atoms with Gasteiger partial charge in [0.05, 0.1) is 18.8 Å². The van der Waals surface area contributed by atoms with Crippen molar-refractivity contribution < 1.29 is 9.53 Å². The Labute approximate surface area is 116 Å². The Morgan fingerprint density at radius 3 is 2.74 bits per heavy atom. The van der Waals surface area contributed by atoms with E-state index in [2.05, 4.69) is 29.4 Å². The predicted octanol–water partition coefficient (Wildman–Crippen LogP) is 2.44. The van der Waals surface area contributed by atoms with Gasteiger partial charge in [-0.15, -0.1) is 16.4 Å². The molecule has 2 aromatic heterocycles. The summed E-state index contributed by atoms with van der Waals surface area (Å²) in [6.45, 7) is 6.73. The molecular formula is C13H17N3O2S. The number of nitrogens with zero attached hydrogens (tertiary/aromatic N) is 3. The lowest BCUT2D eigenvalue weighted by Gasteiger charge is -2.02. The summed E-state index contributed by atoms with van der Waals surface area (Å²) in [6, 6.07) is 4.22. The van der Waals surface area contributed by atoms with Gasteiger partial charge in [0.1, 0.15) is 0 Å². The third-order valence-electron chi connectivity index (χ3n) is 2.82. The number of ether oxygens (including phenoxy) is 1. The second-order valence-corrected chi connectivity index (χ2v) is 5.38. The first-order valence-corrected chi connectivity index (χ1v) is 7.12. The Morgan fingerprint density at radius 2 is 2.11 bits per heavy atom. The van der Waals surface area contributed by atoms with Crippen LogP contribution in [0.3, 0.4) is 0 Å². The highest BCUT2D eigenvalue weighted by molar-refractivity contribution is 7.11. The summed E-state index contributed by atoms with van der Waals surface area (Å²) in [5.74, 6) is -0.410. The van der Waals surface area contributed by atoms with Crippen LogP contribution in [0.15, 0.2) is 12.1 Å². The molecular weight excluding hydrogens is 262 g/mol. The number of rotatable bonds is 5. The molecule has 0 saturated carbocycles. The molecule has 0 unspecified atom stereocenters.